The molecule has 1 atom stereocenters. The zero-order chi connectivity index (χ0) is 23.0. The fourth-order valence-corrected chi connectivity index (χ4v) is 3.95. The summed E-state index contributed by atoms with van der Waals surface area (Å²) >= 11 is 5.98. The lowest BCUT2D eigenvalue weighted by Crippen LogP contribution is -2.21. The van der Waals surface area contributed by atoms with Crippen molar-refractivity contribution in [2.75, 3.05) is 13.7 Å². The quantitative estimate of drug-likeness (QED) is 0.562. The molecule has 2 aromatic carbocycles. The van der Waals surface area contributed by atoms with Gasteiger partial charge in [0.15, 0.2) is 6.10 Å². The first-order valence-electron chi connectivity index (χ1n) is 9.67. The van der Waals surface area contributed by atoms with Crippen LogP contribution in [0.1, 0.15) is 29.2 Å². The molecule has 2 heterocycles. The Morgan fingerprint density at radius 2 is 2.09 bits per heavy atom. The lowest BCUT2D eigenvalue weighted by atomic mass is 9.88. The van der Waals surface area contributed by atoms with E-state index in [1.807, 2.05) is 0 Å². The number of alkyl halides is 3. The minimum atomic E-state index is -4.84. The molecule has 0 aliphatic carbocycles. The predicted molar refractivity (Wildman–Crippen MR) is 110 cm³/mol. The highest BCUT2D eigenvalue weighted by Crippen LogP contribution is 2.44. The zero-order valence-corrected chi connectivity index (χ0v) is 17.6. The molecule has 1 aromatic heterocycles. The summed E-state index contributed by atoms with van der Waals surface area (Å²) in [5, 5.41) is 15.0. The monoisotopic (exact) mass is 466 g/mol. The molecule has 0 saturated heterocycles. The summed E-state index contributed by atoms with van der Waals surface area (Å²) in [6.45, 7) is 0.555. The average Bonchev–Trinajstić information content (AvgIpc) is 3.22. The van der Waals surface area contributed by atoms with Gasteiger partial charge in [-0.1, -0.05) is 17.7 Å². The second kappa shape index (κ2) is 8.48. The third-order valence-corrected chi connectivity index (χ3v) is 5.42. The Balaban J connectivity index is 2.06. The summed E-state index contributed by atoms with van der Waals surface area (Å²) in [5.74, 6) is -0.570. The van der Waals surface area contributed by atoms with Crippen molar-refractivity contribution in [1.29, 1.82) is 0 Å². The molecule has 10 heteroatoms. The highest BCUT2D eigenvalue weighted by atomic mass is 35.5. The molecule has 0 saturated carbocycles. The van der Waals surface area contributed by atoms with Crippen LogP contribution in [0.25, 0.3) is 16.8 Å². The Morgan fingerprint density at radius 1 is 1.31 bits per heavy atom. The Kier molecular flexibility index (Phi) is 5.87. The van der Waals surface area contributed by atoms with Crippen molar-refractivity contribution in [2.24, 2.45) is 0 Å². The molecule has 3 aromatic rings. The van der Waals surface area contributed by atoms with E-state index >= 15 is 0 Å². The van der Waals surface area contributed by atoms with Gasteiger partial charge in [0.25, 0.3) is 0 Å². The number of methoxy groups -OCH3 is 1. The van der Waals surface area contributed by atoms with E-state index in [1.54, 1.807) is 18.2 Å². The van der Waals surface area contributed by atoms with E-state index in [4.69, 9.17) is 16.3 Å². The van der Waals surface area contributed by atoms with Gasteiger partial charge < -0.3 is 14.6 Å². The molecule has 1 aliphatic heterocycles. The van der Waals surface area contributed by atoms with Crippen LogP contribution in [-0.2, 0) is 22.1 Å². The van der Waals surface area contributed by atoms with Crippen LogP contribution in [-0.4, -0.2) is 34.6 Å². The number of esters is 1. The molecule has 0 amide bonds. The number of halogens is 4. The van der Waals surface area contributed by atoms with Gasteiger partial charge in [0, 0.05) is 17.3 Å². The molecule has 168 valence electrons. The minimum absolute atomic E-state index is 0.00846. The summed E-state index contributed by atoms with van der Waals surface area (Å²) in [5.41, 5.74) is -0.397. The van der Waals surface area contributed by atoms with Gasteiger partial charge in [-0.3, -0.25) is 0 Å². The van der Waals surface area contributed by atoms with Crippen molar-refractivity contribution >= 4 is 17.6 Å². The Bertz CT molecular complexity index is 1180. The van der Waals surface area contributed by atoms with E-state index in [2.05, 4.69) is 9.84 Å². The number of carbonyl (C=O) groups excluding carboxylic acids is 1. The fraction of sp³-hybridized carbons (Fsp3) is 0.273. The summed E-state index contributed by atoms with van der Waals surface area (Å²) in [7, 11) is 0.992. The maximum Gasteiger partial charge on any atom is 0.416 e. The molecule has 4 rings (SSSR count). The van der Waals surface area contributed by atoms with E-state index in [-0.39, 0.29) is 16.3 Å². The molecular weight excluding hydrogens is 449 g/mol. The van der Waals surface area contributed by atoms with Crippen molar-refractivity contribution in [3.05, 3.63) is 64.4 Å². The number of benzene rings is 2. The van der Waals surface area contributed by atoms with Crippen molar-refractivity contribution in [3.63, 3.8) is 0 Å². The molecule has 0 bridgehead atoms. The van der Waals surface area contributed by atoms with Gasteiger partial charge in [-0.2, -0.15) is 18.3 Å². The number of aliphatic hydroxyl groups is 1. The van der Waals surface area contributed by atoms with E-state index in [0.717, 1.165) is 25.2 Å². The first kappa shape index (κ1) is 22.2. The number of hydrogen-bond donors (Lipinski definition) is 1. The number of nitrogens with zero attached hydrogens (tertiary/aromatic N) is 2. The van der Waals surface area contributed by atoms with Crippen LogP contribution >= 0.6 is 11.6 Å². The number of aromatic nitrogens is 2. The summed E-state index contributed by atoms with van der Waals surface area (Å²) in [4.78, 5) is 12.2. The normalized spacial score (nSPS) is 14.4. The third-order valence-electron chi connectivity index (χ3n) is 5.22. The maximum atomic E-state index is 14.0. The SMILES string of the molecule is COC(=O)C(O)c1c(C(F)(F)F)ccc(-n2cc(Cl)cn2)c1-c1ccc2c(c1)CCCO2. The number of aliphatic hydroxyl groups excluding tert-OH is 1. The van der Waals surface area contributed by atoms with Gasteiger partial charge in [-0.05, 0) is 48.2 Å². The van der Waals surface area contributed by atoms with Crippen LogP contribution in [0, 0.1) is 0 Å². The second-order valence-corrected chi connectivity index (χ2v) is 7.66. The number of carbonyl (C=O) groups is 1. The van der Waals surface area contributed by atoms with Crippen molar-refractivity contribution in [2.45, 2.75) is 25.1 Å². The number of ether oxygens (including phenoxy) is 2. The van der Waals surface area contributed by atoms with Gasteiger partial charge in [0.05, 0.1) is 36.2 Å². The average molecular weight is 467 g/mol. The molecule has 1 unspecified atom stereocenters. The molecular formula is C22H18ClF3N2O4. The standard InChI is InChI=1S/C22H18ClF3N2O4/c1-31-21(30)20(29)19-15(22(24,25)26)5-6-16(28-11-14(23)10-27-28)18(19)13-4-7-17-12(9-13)3-2-8-32-17/h4-7,9-11,20,29H,2-3,8H2,1H3. The van der Waals surface area contributed by atoms with Crippen molar-refractivity contribution < 1.29 is 32.5 Å². The van der Waals surface area contributed by atoms with E-state index < -0.39 is 29.4 Å². The fourth-order valence-electron chi connectivity index (χ4n) is 3.81. The molecule has 1 N–H and O–H groups in total. The van der Waals surface area contributed by atoms with E-state index in [9.17, 15) is 23.1 Å². The smallest absolute Gasteiger partial charge is 0.416 e. The van der Waals surface area contributed by atoms with Gasteiger partial charge in [-0.25, -0.2) is 9.48 Å². The molecule has 1 aliphatic rings. The zero-order valence-electron chi connectivity index (χ0n) is 16.8. The third kappa shape index (κ3) is 4.05. The topological polar surface area (TPSA) is 73.6 Å². The van der Waals surface area contributed by atoms with Gasteiger partial charge >= 0.3 is 12.1 Å². The molecule has 32 heavy (non-hydrogen) atoms. The van der Waals surface area contributed by atoms with Crippen LogP contribution in [0.5, 0.6) is 5.75 Å². The van der Waals surface area contributed by atoms with Crippen LogP contribution in [0.4, 0.5) is 13.2 Å². The maximum absolute atomic E-state index is 14.0. The molecule has 0 fully saturated rings. The van der Waals surface area contributed by atoms with Gasteiger partial charge in [0.1, 0.15) is 5.75 Å². The predicted octanol–water partition coefficient (Wildman–Crippen LogP) is 4.74. The lowest BCUT2D eigenvalue weighted by molar-refractivity contribution is -0.152. The lowest BCUT2D eigenvalue weighted by Gasteiger charge is -2.24. The van der Waals surface area contributed by atoms with Gasteiger partial charge in [-0.15, -0.1) is 0 Å². The van der Waals surface area contributed by atoms with Crippen molar-refractivity contribution in [1.82, 2.24) is 9.78 Å². The summed E-state index contributed by atoms with van der Waals surface area (Å²) < 4.78 is 53.3. The molecule has 0 radical (unpaired) electrons. The van der Waals surface area contributed by atoms with Crippen LogP contribution in [0.3, 0.4) is 0 Å². The first-order valence-corrected chi connectivity index (χ1v) is 10.0. The Labute approximate surface area is 186 Å². The second-order valence-electron chi connectivity index (χ2n) is 7.22. The Morgan fingerprint density at radius 3 is 2.75 bits per heavy atom. The van der Waals surface area contributed by atoms with Crippen molar-refractivity contribution in [3.8, 4) is 22.6 Å². The first-order chi connectivity index (χ1) is 15.2. The largest absolute Gasteiger partial charge is 0.493 e. The van der Waals surface area contributed by atoms with Crippen LogP contribution < -0.4 is 4.74 Å². The molecule has 6 nitrogen and oxygen atoms in total. The highest BCUT2D eigenvalue weighted by molar-refractivity contribution is 6.30. The number of fused-ring (bicyclic) bond motifs is 1. The number of aryl methyl sites for hydroxylation is 1. The minimum Gasteiger partial charge on any atom is -0.493 e. The number of hydrogen-bond acceptors (Lipinski definition) is 5. The highest BCUT2D eigenvalue weighted by Gasteiger charge is 2.39. The van der Waals surface area contributed by atoms with Crippen LogP contribution in [0.15, 0.2) is 42.7 Å². The van der Waals surface area contributed by atoms with E-state index in [0.29, 0.717) is 24.3 Å². The molecule has 0 spiro atoms. The number of rotatable bonds is 4. The van der Waals surface area contributed by atoms with Gasteiger partial charge in [0.2, 0.25) is 0 Å². The van der Waals surface area contributed by atoms with E-state index in [1.165, 1.54) is 23.1 Å². The summed E-state index contributed by atoms with van der Waals surface area (Å²) in [6, 6.07) is 6.98. The Hall–Kier alpha value is -3.04. The van der Waals surface area contributed by atoms with Crippen LogP contribution in [0.2, 0.25) is 5.02 Å². The summed E-state index contributed by atoms with van der Waals surface area (Å²) in [6.07, 6.45) is -2.82.